The molecule has 1 heterocycles. The molecule has 1 aliphatic rings. The smallest absolute Gasteiger partial charge is 0.243 e. The highest BCUT2D eigenvalue weighted by molar-refractivity contribution is 7.89. The van der Waals surface area contributed by atoms with Crippen molar-refractivity contribution < 1.29 is 23.1 Å². The molecule has 0 saturated carbocycles. The van der Waals surface area contributed by atoms with Crippen LogP contribution in [-0.4, -0.2) is 62.8 Å². The molecule has 1 saturated heterocycles. The number of hydrogen-bond donors (Lipinski definition) is 2. The van der Waals surface area contributed by atoms with Gasteiger partial charge in [-0.2, -0.15) is 4.72 Å². The molecule has 23 heavy (non-hydrogen) atoms. The molecule has 0 aromatic heterocycles. The number of rotatable bonds is 5. The lowest BCUT2D eigenvalue weighted by molar-refractivity contribution is -0.139. The molecule has 1 aromatic carbocycles. The summed E-state index contributed by atoms with van der Waals surface area (Å²) in [5, 5.41) is 9.86. The fourth-order valence-electron chi connectivity index (χ4n) is 2.29. The van der Waals surface area contributed by atoms with Crippen LogP contribution in [-0.2, 0) is 19.6 Å². The zero-order valence-corrected chi connectivity index (χ0v) is 14.0. The maximum Gasteiger partial charge on any atom is 0.243 e. The Hall–Kier alpha value is -1.48. The molecule has 1 aliphatic heterocycles. The van der Waals surface area contributed by atoms with Crippen LogP contribution in [0.1, 0.15) is 12.5 Å². The van der Waals surface area contributed by atoms with Gasteiger partial charge < -0.3 is 14.7 Å². The van der Waals surface area contributed by atoms with E-state index in [2.05, 4.69) is 4.72 Å². The number of hydrogen-bond acceptors (Lipinski definition) is 5. The molecule has 0 aliphatic carbocycles. The van der Waals surface area contributed by atoms with E-state index in [0.717, 1.165) is 5.56 Å². The van der Waals surface area contributed by atoms with Crippen LogP contribution in [0, 0.1) is 6.92 Å². The quantitative estimate of drug-likeness (QED) is 0.778. The number of benzene rings is 1. The molecular weight excluding hydrogens is 320 g/mol. The Labute approximate surface area is 136 Å². The number of aliphatic hydroxyl groups excluding tert-OH is 1. The van der Waals surface area contributed by atoms with Crippen LogP contribution in [0.25, 0.3) is 0 Å². The second-order valence-electron chi connectivity index (χ2n) is 5.59. The average molecular weight is 342 g/mol. The topological polar surface area (TPSA) is 95.9 Å². The second-order valence-corrected chi connectivity index (χ2v) is 7.30. The Kier molecular flexibility index (Phi) is 5.74. The van der Waals surface area contributed by atoms with Crippen molar-refractivity contribution in [2.75, 3.05) is 26.3 Å². The predicted octanol–water partition coefficient (Wildman–Crippen LogP) is -0.118. The monoisotopic (exact) mass is 342 g/mol. The minimum Gasteiger partial charge on any atom is -0.391 e. The second kappa shape index (κ2) is 7.39. The van der Waals surface area contributed by atoms with Crippen LogP contribution in [0.15, 0.2) is 29.2 Å². The fraction of sp³-hybridized carbons (Fsp3) is 0.533. The summed E-state index contributed by atoms with van der Waals surface area (Å²) in [6, 6.07) is 5.07. The summed E-state index contributed by atoms with van der Waals surface area (Å²) in [6.45, 7) is 4.82. The van der Waals surface area contributed by atoms with Gasteiger partial charge in [0.25, 0.3) is 0 Å². The standard InChI is InChI=1S/C15H22N2O5S/c1-11-3-5-13(6-4-11)23(20,21)16-14(12(2)18)15(19)17-7-9-22-10-8-17/h3-6,12,14,16,18H,7-10H2,1-2H3/t12-,14+/m0/s1. The largest absolute Gasteiger partial charge is 0.391 e. The van der Waals surface area contributed by atoms with Gasteiger partial charge in [-0.05, 0) is 26.0 Å². The minimum atomic E-state index is -3.89. The first-order chi connectivity index (χ1) is 10.8. The highest BCUT2D eigenvalue weighted by Crippen LogP contribution is 2.13. The van der Waals surface area contributed by atoms with Crippen molar-refractivity contribution >= 4 is 15.9 Å². The number of aliphatic hydroxyl groups is 1. The molecule has 0 radical (unpaired) electrons. The number of carbonyl (C=O) groups is 1. The number of morpholine rings is 1. The molecule has 2 N–H and O–H groups in total. The molecule has 1 amide bonds. The van der Waals surface area contributed by atoms with E-state index >= 15 is 0 Å². The Morgan fingerprint density at radius 3 is 2.35 bits per heavy atom. The van der Waals surface area contributed by atoms with Crippen molar-refractivity contribution in [1.29, 1.82) is 0 Å². The van der Waals surface area contributed by atoms with Crippen molar-refractivity contribution in [3.05, 3.63) is 29.8 Å². The van der Waals surface area contributed by atoms with Crippen LogP contribution >= 0.6 is 0 Å². The van der Waals surface area contributed by atoms with E-state index < -0.39 is 28.1 Å². The van der Waals surface area contributed by atoms with Gasteiger partial charge >= 0.3 is 0 Å². The van der Waals surface area contributed by atoms with Crippen LogP contribution < -0.4 is 4.72 Å². The summed E-state index contributed by atoms with van der Waals surface area (Å²) in [7, 11) is -3.89. The van der Waals surface area contributed by atoms with Gasteiger partial charge in [-0.15, -0.1) is 0 Å². The van der Waals surface area contributed by atoms with E-state index in [1.54, 1.807) is 12.1 Å². The van der Waals surface area contributed by atoms with Crippen LogP contribution in [0.3, 0.4) is 0 Å². The third-order valence-corrected chi connectivity index (χ3v) is 5.14. The van der Waals surface area contributed by atoms with Crippen molar-refractivity contribution in [2.45, 2.75) is 30.9 Å². The Bertz CT molecular complexity index is 636. The molecule has 2 rings (SSSR count). The number of ether oxygens (including phenoxy) is 1. The normalized spacial score (nSPS) is 18.5. The van der Waals surface area contributed by atoms with Gasteiger partial charge in [0.05, 0.1) is 24.2 Å². The SMILES string of the molecule is Cc1ccc(S(=O)(=O)N[C@@H](C(=O)N2CCOCC2)[C@H](C)O)cc1. The molecule has 0 bridgehead atoms. The van der Waals surface area contributed by atoms with Crippen molar-refractivity contribution in [2.24, 2.45) is 0 Å². The summed E-state index contributed by atoms with van der Waals surface area (Å²) < 4.78 is 32.3. The summed E-state index contributed by atoms with van der Waals surface area (Å²) in [5.41, 5.74) is 0.931. The maximum atomic E-state index is 12.5. The number of carbonyl (C=O) groups excluding carboxylic acids is 1. The summed E-state index contributed by atoms with van der Waals surface area (Å²) in [6.07, 6.45) is -1.15. The molecule has 7 nitrogen and oxygen atoms in total. The van der Waals surface area contributed by atoms with Crippen molar-refractivity contribution in [3.63, 3.8) is 0 Å². The molecule has 0 unspecified atom stereocenters. The average Bonchev–Trinajstić information content (AvgIpc) is 2.53. The van der Waals surface area contributed by atoms with E-state index in [4.69, 9.17) is 4.74 Å². The first kappa shape index (κ1) is 17.9. The molecular formula is C15H22N2O5S. The molecule has 1 aromatic rings. The number of amides is 1. The zero-order valence-electron chi connectivity index (χ0n) is 13.2. The summed E-state index contributed by atoms with van der Waals surface area (Å²) in [5.74, 6) is -0.445. The van der Waals surface area contributed by atoms with Crippen LogP contribution in [0.2, 0.25) is 0 Å². The highest BCUT2D eigenvalue weighted by Gasteiger charge is 2.33. The van der Waals surface area contributed by atoms with Crippen molar-refractivity contribution in [3.8, 4) is 0 Å². The fourth-order valence-corrected chi connectivity index (χ4v) is 3.55. The molecule has 1 fully saturated rings. The minimum absolute atomic E-state index is 0.0588. The molecule has 2 atom stereocenters. The van der Waals surface area contributed by atoms with Gasteiger partial charge in [0.2, 0.25) is 15.9 Å². The van der Waals surface area contributed by atoms with Gasteiger partial charge in [-0.1, -0.05) is 17.7 Å². The Balaban J connectivity index is 2.17. The number of nitrogens with one attached hydrogen (secondary N) is 1. The molecule has 128 valence electrons. The molecule has 8 heteroatoms. The first-order valence-corrected chi connectivity index (χ1v) is 8.93. The Morgan fingerprint density at radius 2 is 1.83 bits per heavy atom. The van der Waals surface area contributed by atoms with E-state index in [9.17, 15) is 18.3 Å². The number of sulfonamides is 1. The van der Waals surface area contributed by atoms with Crippen LogP contribution in [0.5, 0.6) is 0 Å². The van der Waals surface area contributed by atoms with E-state index in [1.165, 1.54) is 24.0 Å². The van der Waals surface area contributed by atoms with Gasteiger partial charge in [-0.3, -0.25) is 4.79 Å². The predicted molar refractivity (Wildman–Crippen MR) is 84.4 cm³/mol. The van der Waals surface area contributed by atoms with E-state index in [-0.39, 0.29) is 4.90 Å². The zero-order chi connectivity index (χ0) is 17.0. The van der Waals surface area contributed by atoms with Gasteiger partial charge in [-0.25, -0.2) is 8.42 Å². The lowest BCUT2D eigenvalue weighted by Gasteiger charge is -2.31. The third kappa shape index (κ3) is 4.51. The lowest BCUT2D eigenvalue weighted by atomic mass is 10.1. The van der Waals surface area contributed by atoms with Gasteiger partial charge in [0, 0.05) is 13.1 Å². The molecule has 0 spiro atoms. The first-order valence-electron chi connectivity index (χ1n) is 7.45. The Morgan fingerprint density at radius 1 is 1.26 bits per heavy atom. The van der Waals surface area contributed by atoms with E-state index in [0.29, 0.717) is 26.3 Å². The summed E-state index contributed by atoms with van der Waals surface area (Å²) in [4.78, 5) is 14.0. The number of nitrogens with zero attached hydrogens (tertiary/aromatic N) is 1. The lowest BCUT2D eigenvalue weighted by Crippen LogP contribution is -2.55. The maximum absolute atomic E-state index is 12.5. The number of aryl methyl sites for hydroxylation is 1. The van der Waals surface area contributed by atoms with Crippen molar-refractivity contribution in [1.82, 2.24) is 9.62 Å². The van der Waals surface area contributed by atoms with Crippen LogP contribution in [0.4, 0.5) is 0 Å². The van der Waals surface area contributed by atoms with E-state index in [1.807, 2.05) is 6.92 Å². The highest BCUT2D eigenvalue weighted by atomic mass is 32.2. The van der Waals surface area contributed by atoms with Gasteiger partial charge in [0.15, 0.2) is 0 Å². The van der Waals surface area contributed by atoms with Gasteiger partial charge in [0.1, 0.15) is 6.04 Å². The third-order valence-electron chi connectivity index (χ3n) is 3.68. The summed E-state index contributed by atoms with van der Waals surface area (Å²) >= 11 is 0.